The normalized spacial score (nSPS) is 17.5. The summed E-state index contributed by atoms with van der Waals surface area (Å²) in [6.07, 6.45) is 6.15. The molecule has 0 radical (unpaired) electrons. The van der Waals surface area contributed by atoms with Gasteiger partial charge in [-0.2, -0.15) is 5.26 Å². The van der Waals surface area contributed by atoms with E-state index in [9.17, 15) is 9.90 Å². The predicted molar refractivity (Wildman–Crippen MR) is 69.3 cm³/mol. The van der Waals surface area contributed by atoms with Crippen LogP contribution in [0.5, 0.6) is 0 Å². The molecule has 1 saturated carbocycles. The Morgan fingerprint density at radius 2 is 2.16 bits per heavy atom. The van der Waals surface area contributed by atoms with Crippen molar-refractivity contribution in [3.05, 3.63) is 29.6 Å². The number of pyridine rings is 1. The van der Waals surface area contributed by atoms with Crippen LogP contribution in [0, 0.1) is 11.3 Å². The molecule has 1 aliphatic rings. The van der Waals surface area contributed by atoms with Gasteiger partial charge in [-0.25, -0.2) is 4.98 Å². The summed E-state index contributed by atoms with van der Waals surface area (Å²) in [7, 11) is 0. The fourth-order valence-corrected chi connectivity index (χ4v) is 2.45. The highest BCUT2D eigenvalue weighted by Gasteiger charge is 2.33. The predicted octanol–water partition coefficient (Wildman–Crippen LogP) is 1.38. The van der Waals surface area contributed by atoms with Crippen LogP contribution in [0.2, 0.25) is 0 Å². The van der Waals surface area contributed by atoms with Crippen molar-refractivity contribution in [2.75, 3.05) is 6.61 Å². The van der Waals surface area contributed by atoms with E-state index >= 15 is 0 Å². The van der Waals surface area contributed by atoms with Gasteiger partial charge in [0.1, 0.15) is 11.8 Å². The first-order valence-corrected chi connectivity index (χ1v) is 6.49. The lowest BCUT2D eigenvalue weighted by molar-refractivity contribution is 0.0754. The summed E-state index contributed by atoms with van der Waals surface area (Å²) in [5.74, 6) is -0.291. The summed E-state index contributed by atoms with van der Waals surface area (Å²) in [4.78, 5) is 16.1. The van der Waals surface area contributed by atoms with Crippen LogP contribution >= 0.6 is 0 Å². The first kappa shape index (κ1) is 13.5. The van der Waals surface area contributed by atoms with Crippen molar-refractivity contribution in [3.63, 3.8) is 0 Å². The molecular weight excluding hydrogens is 242 g/mol. The zero-order valence-corrected chi connectivity index (χ0v) is 10.7. The molecule has 1 fully saturated rings. The molecule has 0 spiro atoms. The van der Waals surface area contributed by atoms with E-state index in [1.807, 2.05) is 6.07 Å². The molecule has 1 aliphatic carbocycles. The van der Waals surface area contributed by atoms with Gasteiger partial charge in [0.15, 0.2) is 0 Å². The minimum atomic E-state index is -0.509. The number of amides is 1. The third-order valence-corrected chi connectivity index (χ3v) is 3.62. The van der Waals surface area contributed by atoms with Crippen molar-refractivity contribution in [2.24, 2.45) is 0 Å². The second kappa shape index (κ2) is 5.81. The number of nitrogens with one attached hydrogen (secondary N) is 1. The van der Waals surface area contributed by atoms with Crippen molar-refractivity contribution >= 4 is 5.91 Å². The number of aliphatic hydroxyl groups excluding tert-OH is 1. The van der Waals surface area contributed by atoms with E-state index in [2.05, 4.69) is 10.3 Å². The maximum atomic E-state index is 12.1. The third kappa shape index (κ3) is 3.09. The molecule has 0 unspecified atom stereocenters. The summed E-state index contributed by atoms with van der Waals surface area (Å²) < 4.78 is 0. The molecular formula is C14H17N3O2. The second-order valence-electron chi connectivity index (χ2n) is 5.00. The van der Waals surface area contributed by atoms with Gasteiger partial charge in [-0.05, 0) is 25.0 Å². The fourth-order valence-electron chi connectivity index (χ4n) is 2.45. The molecule has 1 aromatic heterocycles. The van der Waals surface area contributed by atoms with Crippen LogP contribution in [-0.2, 0) is 0 Å². The SMILES string of the molecule is N#Cc1ccc(C(=O)NC2(CO)CCCCC2)nc1. The molecule has 100 valence electrons. The quantitative estimate of drug-likeness (QED) is 0.858. The van der Waals surface area contributed by atoms with E-state index in [1.165, 1.54) is 12.3 Å². The lowest BCUT2D eigenvalue weighted by atomic mass is 9.82. The van der Waals surface area contributed by atoms with Gasteiger partial charge in [0.2, 0.25) is 0 Å². The number of aliphatic hydroxyl groups is 1. The highest BCUT2D eigenvalue weighted by molar-refractivity contribution is 5.92. The summed E-state index contributed by atoms with van der Waals surface area (Å²) in [5, 5.41) is 21.1. The summed E-state index contributed by atoms with van der Waals surface area (Å²) >= 11 is 0. The van der Waals surface area contributed by atoms with Gasteiger partial charge in [-0.15, -0.1) is 0 Å². The number of hydrogen-bond donors (Lipinski definition) is 2. The topological polar surface area (TPSA) is 86.0 Å². The van der Waals surface area contributed by atoms with Crippen LogP contribution < -0.4 is 5.32 Å². The lowest BCUT2D eigenvalue weighted by Gasteiger charge is -2.36. The van der Waals surface area contributed by atoms with Crippen molar-refractivity contribution < 1.29 is 9.90 Å². The molecule has 2 N–H and O–H groups in total. The summed E-state index contributed by atoms with van der Waals surface area (Å²) in [5.41, 5.74) is 0.189. The summed E-state index contributed by atoms with van der Waals surface area (Å²) in [6.45, 7) is -0.0466. The Bertz CT molecular complexity index is 484. The second-order valence-corrected chi connectivity index (χ2v) is 5.00. The van der Waals surface area contributed by atoms with E-state index in [1.54, 1.807) is 6.07 Å². The van der Waals surface area contributed by atoms with Crippen LogP contribution in [-0.4, -0.2) is 28.1 Å². The number of aromatic nitrogens is 1. The number of hydrogen-bond acceptors (Lipinski definition) is 4. The number of rotatable bonds is 3. The van der Waals surface area contributed by atoms with Gasteiger partial charge in [0.05, 0.1) is 17.7 Å². The Morgan fingerprint density at radius 1 is 1.42 bits per heavy atom. The van der Waals surface area contributed by atoms with Crippen LogP contribution in [0.25, 0.3) is 0 Å². The lowest BCUT2D eigenvalue weighted by Crippen LogP contribution is -2.52. The Balaban J connectivity index is 2.08. The smallest absolute Gasteiger partial charge is 0.270 e. The van der Waals surface area contributed by atoms with Crippen LogP contribution in [0.3, 0.4) is 0 Å². The van der Waals surface area contributed by atoms with Gasteiger partial charge in [0, 0.05) is 6.20 Å². The monoisotopic (exact) mass is 259 g/mol. The van der Waals surface area contributed by atoms with E-state index in [0.29, 0.717) is 5.56 Å². The highest BCUT2D eigenvalue weighted by Crippen LogP contribution is 2.27. The highest BCUT2D eigenvalue weighted by atomic mass is 16.3. The van der Waals surface area contributed by atoms with Crippen LogP contribution in [0.15, 0.2) is 18.3 Å². The van der Waals surface area contributed by atoms with E-state index in [4.69, 9.17) is 5.26 Å². The number of carbonyl (C=O) groups is 1. The number of nitrogens with zero attached hydrogens (tertiary/aromatic N) is 2. The molecule has 1 amide bonds. The van der Waals surface area contributed by atoms with E-state index < -0.39 is 5.54 Å². The van der Waals surface area contributed by atoms with Gasteiger partial charge in [-0.1, -0.05) is 19.3 Å². The molecule has 0 aliphatic heterocycles. The van der Waals surface area contributed by atoms with Gasteiger partial charge in [0.25, 0.3) is 5.91 Å². The van der Waals surface area contributed by atoms with Crippen molar-refractivity contribution in [3.8, 4) is 6.07 Å². The molecule has 0 aromatic carbocycles. The number of nitriles is 1. The molecule has 1 heterocycles. The molecule has 5 heteroatoms. The maximum absolute atomic E-state index is 12.1. The number of carbonyl (C=O) groups excluding carboxylic acids is 1. The van der Waals surface area contributed by atoms with Crippen LogP contribution in [0.1, 0.15) is 48.2 Å². The van der Waals surface area contributed by atoms with E-state index in [-0.39, 0.29) is 18.2 Å². The van der Waals surface area contributed by atoms with Crippen molar-refractivity contribution in [1.82, 2.24) is 10.3 Å². The van der Waals surface area contributed by atoms with Crippen LogP contribution in [0.4, 0.5) is 0 Å². The fraction of sp³-hybridized carbons (Fsp3) is 0.500. The summed E-state index contributed by atoms with van der Waals surface area (Å²) in [6, 6.07) is 5.05. The molecule has 19 heavy (non-hydrogen) atoms. The Labute approximate surface area is 112 Å². The van der Waals surface area contributed by atoms with Crippen molar-refractivity contribution in [2.45, 2.75) is 37.6 Å². The zero-order chi connectivity index (χ0) is 13.7. The average molecular weight is 259 g/mol. The Morgan fingerprint density at radius 3 is 2.68 bits per heavy atom. The van der Waals surface area contributed by atoms with Gasteiger partial charge >= 0.3 is 0 Å². The first-order valence-electron chi connectivity index (χ1n) is 6.49. The molecule has 5 nitrogen and oxygen atoms in total. The average Bonchev–Trinajstić information content (AvgIpc) is 2.48. The zero-order valence-electron chi connectivity index (χ0n) is 10.7. The Hall–Kier alpha value is -1.93. The van der Waals surface area contributed by atoms with Gasteiger partial charge < -0.3 is 10.4 Å². The van der Waals surface area contributed by atoms with Gasteiger partial charge in [-0.3, -0.25) is 4.79 Å². The standard InChI is InChI=1S/C14H17N3O2/c15-8-11-4-5-12(16-9-11)13(19)17-14(10-18)6-2-1-3-7-14/h4-5,9,18H,1-3,6-7,10H2,(H,17,19). The maximum Gasteiger partial charge on any atom is 0.270 e. The molecule has 0 atom stereocenters. The molecule has 0 saturated heterocycles. The largest absolute Gasteiger partial charge is 0.394 e. The Kier molecular flexibility index (Phi) is 4.13. The molecule has 0 bridgehead atoms. The first-order chi connectivity index (χ1) is 9.19. The third-order valence-electron chi connectivity index (χ3n) is 3.62. The minimum absolute atomic E-state index is 0.0466. The van der Waals surface area contributed by atoms with E-state index in [0.717, 1.165) is 32.1 Å². The minimum Gasteiger partial charge on any atom is -0.394 e. The molecule has 1 aromatic rings. The molecule has 2 rings (SSSR count). The van der Waals surface area contributed by atoms with Crippen molar-refractivity contribution in [1.29, 1.82) is 5.26 Å².